The van der Waals surface area contributed by atoms with Crippen molar-refractivity contribution >= 4 is 23.8 Å². The molecule has 1 aromatic heterocycles. The molecule has 0 saturated carbocycles. The van der Waals surface area contributed by atoms with Crippen molar-refractivity contribution in [1.82, 2.24) is 15.4 Å². The highest BCUT2D eigenvalue weighted by molar-refractivity contribution is 6.10. The fraction of sp³-hybridized carbons (Fsp3) is 0. The average molecular weight is 291 g/mol. The Morgan fingerprint density at radius 3 is 2.91 bits per heavy atom. The molecule has 7 nitrogen and oxygen atoms in total. The molecular formula is C15H9N5O2. The summed E-state index contributed by atoms with van der Waals surface area (Å²) in [6, 6.07) is 7.21. The Labute approximate surface area is 124 Å². The Balaban J connectivity index is 1.85. The number of hydrogen-bond donors (Lipinski definition) is 1. The summed E-state index contributed by atoms with van der Waals surface area (Å²) in [5.74, 6) is 1.47. The minimum Gasteiger partial charge on any atom is -0.266 e. The summed E-state index contributed by atoms with van der Waals surface area (Å²) in [5.41, 5.74) is 2.51. The molecule has 0 unspecified atom stereocenters. The van der Waals surface area contributed by atoms with Crippen molar-refractivity contribution in [2.24, 2.45) is 10.1 Å². The molecule has 2 heterocycles. The fourth-order valence-electron chi connectivity index (χ4n) is 1.79. The summed E-state index contributed by atoms with van der Waals surface area (Å²) < 4.78 is 0. The highest BCUT2D eigenvalue weighted by atomic mass is 16.2. The van der Waals surface area contributed by atoms with Crippen LogP contribution in [0.5, 0.6) is 0 Å². The SMILES string of the molecule is O=C1N=c2ccccc2=CC1=C=NNC(=O)c1cnccn1. The van der Waals surface area contributed by atoms with E-state index in [-0.39, 0.29) is 11.3 Å². The van der Waals surface area contributed by atoms with Gasteiger partial charge >= 0.3 is 0 Å². The van der Waals surface area contributed by atoms with Gasteiger partial charge in [-0.25, -0.2) is 15.4 Å². The highest BCUT2D eigenvalue weighted by Gasteiger charge is 2.10. The Morgan fingerprint density at radius 1 is 1.23 bits per heavy atom. The summed E-state index contributed by atoms with van der Waals surface area (Å²) in [7, 11) is 0. The van der Waals surface area contributed by atoms with Gasteiger partial charge in [-0.15, -0.1) is 5.10 Å². The van der Waals surface area contributed by atoms with E-state index in [9.17, 15) is 9.59 Å². The van der Waals surface area contributed by atoms with Crippen molar-refractivity contribution in [1.29, 1.82) is 0 Å². The van der Waals surface area contributed by atoms with Gasteiger partial charge in [0.05, 0.1) is 11.6 Å². The first-order chi connectivity index (χ1) is 10.7. The number of amides is 2. The maximum atomic E-state index is 11.8. The van der Waals surface area contributed by atoms with E-state index in [1.807, 2.05) is 12.1 Å². The van der Waals surface area contributed by atoms with E-state index >= 15 is 0 Å². The zero-order chi connectivity index (χ0) is 15.4. The van der Waals surface area contributed by atoms with E-state index in [4.69, 9.17) is 0 Å². The van der Waals surface area contributed by atoms with Crippen LogP contribution in [0.15, 0.2) is 58.5 Å². The first-order valence-corrected chi connectivity index (χ1v) is 6.33. The highest BCUT2D eigenvalue weighted by Crippen LogP contribution is 1.97. The van der Waals surface area contributed by atoms with Gasteiger partial charge in [-0.3, -0.25) is 14.6 Å². The molecule has 3 rings (SSSR count). The molecule has 0 aliphatic carbocycles. The maximum Gasteiger partial charge on any atom is 0.292 e. The molecular weight excluding hydrogens is 282 g/mol. The van der Waals surface area contributed by atoms with E-state index < -0.39 is 11.8 Å². The number of fused-ring (bicyclic) bond motifs is 1. The molecule has 2 amide bonds. The summed E-state index contributed by atoms with van der Waals surface area (Å²) >= 11 is 0. The van der Waals surface area contributed by atoms with Gasteiger partial charge < -0.3 is 0 Å². The van der Waals surface area contributed by atoms with E-state index in [0.717, 1.165) is 5.22 Å². The summed E-state index contributed by atoms with van der Waals surface area (Å²) in [6.07, 6.45) is 5.77. The molecule has 0 saturated heterocycles. The number of hydrogen-bond acceptors (Lipinski definition) is 5. The Kier molecular flexibility index (Phi) is 3.63. The predicted octanol–water partition coefficient (Wildman–Crippen LogP) is -0.642. The topological polar surface area (TPSA) is 96.7 Å². The molecule has 2 aromatic rings. The lowest BCUT2D eigenvalue weighted by molar-refractivity contribution is -0.114. The van der Waals surface area contributed by atoms with Gasteiger partial charge in [0, 0.05) is 23.5 Å². The van der Waals surface area contributed by atoms with Gasteiger partial charge in [0.25, 0.3) is 11.8 Å². The number of nitrogens with zero attached hydrogens (tertiary/aromatic N) is 4. The first kappa shape index (κ1) is 13.5. The standard InChI is InChI=1S/C15H9N5O2/c21-14-11(7-10-3-1-2-4-12(10)19-14)8-18-20-15(22)13-9-16-5-6-17-13/h1-7,9H,(H,20,22). The first-order valence-electron chi connectivity index (χ1n) is 6.33. The van der Waals surface area contributed by atoms with E-state index in [1.54, 1.807) is 18.2 Å². The normalized spacial score (nSPS) is 12.4. The molecule has 1 aliphatic rings. The Hall–Kier alpha value is -3.44. The third-order valence-electron chi connectivity index (χ3n) is 2.82. The lowest BCUT2D eigenvalue weighted by Crippen LogP contribution is -2.30. The summed E-state index contributed by atoms with van der Waals surface area (Å²) in [4.78, 5) is 35.0. The van der Waals surface area contributed by atoms with Gasteiger partial charge in [0.2, 0.25) is 0 Å². The molecule has 0 spiro atoms. The van der Waals surface area contributed by atoms with Gasteiger partial charge in [0.1, 0.15) is 11.3 Å². The van der Waals surface area contributed by atoms with E-state index in [2.05, 4.69) is 31.4 Å². The largest absolute Gasteiger partial charge is 0.292 e. The van der Waals surface area contributed by atoms with Crippen molar-refractivity contribution in [3.63, 3.8) is 0 Å². The van der Waals surface area contributed by atoms with Crippen LogP contribution in [0.25, 0.3) is 6.08 Å². The van der Waals surface area contributed by atoms with Crippen molar-refractivity contribution < 1.29 is 9.59 Å². The lowest BCUT2D eigenvalue weighted by atomic mass is 10.1. The van der Waals surface area contributed by atoms with Crippen LogP contribution >= 0.6 is 0 Å². The quantitative estimate of drug-likeness (QED) is 0.452. The molecule has 1 aromatic carbocycles. The smallest absolute Gasteiger partial charge is 0.266 e. The average Bonchev–Trinajstić information content (AvgIpc) is 2.56. The van der Waals surface area contributed by atoms with Crippen LogP contribution in [0.4, 0.5) is 0 Å². The number of carbonyl (C=O) groups excluding carboxylic acids is 2. The van der Waals surface area contributed by atoms with E-state index in [1.165, 1.54) is 18.6 Å². The van der Waals surface area contributed by atoms with Gasteiger partial charge in [-0.1, -0.05) is 18.2 Å². The summed E-state index contributed by atoms with van der Waals surface area (Å²) in [5, 5.41) is 5.02. The summed E-state index contributed by atoms with van der Waals surface area (Å²) in [6.45, 7) is 0. The van der Waals surface area contributed by atoms with Crippen LogP contribution in [0.1, 0.15) is 10.5 Å². The molecule has 1 aliphatic heterocycles. The zero-order valence-electron chi connectivity index (χ0n) is 11.2. The molecule has 0 radical (unpaired) electrons. The molecule has 0 bridgehead atoms. The molecule has 106 valence electrons. The lowest BCUT2D eigenvalue weighted by Gasteiger charge is -1.99. The van der Waals surface area contributed by atoms with Crippen molar-refractivity contribution in [2.45, 2.75) is 0 Å². The van der Waals surface area contributed by atoms with Crippen LogP contribution in [0.3, 0.4) is 0 Å². The van der Waals surface area contributed by atoms with Crippen LogP contribution < -0.4 is 16.0 Å². The number of benzene rings is 1. The van der Waals surface area contributed by atoms with Crippen LogP contribution in [-0.2, 0) is 4.79 Å². The third kappa shape index (κ3) is 2.84. The van der Waals surface area contributed by atoms with Crippen LogP contribution in [-0.4, -0.2) is 27.7 Å². The number of aromatic nitrogens is 2. The molecule has 1 N–H and O–H groups in total. The van der Waals surface area contributed by atoms with Gasteiger partial charge in [-0.2, -0.15) is 0 Å². The van der Waals surface area contributed by atoms with Gasteiger partial charge in [-0.05, 0) is 12.1 Å². The zero-order valence-corrected chi connectivity index (χ0v) is 11.2. The second-order valence-electron chi connectivity index (χ2n) is 4.29. The number of hydrazone groups is 1. The number of carbonyl (C=O) groups is 2. The number of rotatable bonds is 2. The second-order valence-corrected chi connectivity index (χ2v) is 4.29. The third-order valence-corrected chi connectivity index (χ3v) is 2.82. The molecule has 22 heavy (non-hydrogen) atoms. The predicted molar refractivity (Wildman–Crippen MR) is 77.1 cm³/mol. The van der Waals surface area contributed by atoms with Crippen molar-refractivity contribution in [3.05, 3.63) is 64.7 Å². The number of para-hydroxylation sites is 1. The maximum absolute atomic E-state index is 11.8. The minimum absolute atomic E-state index is 0.118. The number of nitrogens with one attached hydrogen (secondary N) is 1. The van der Waals surface area contributed by atoms with Crippen molar-refractivity contribution in [3.8, 4) is 0 Å². The van der Waals surface area contributed by atoms with Gasteiger partial charge in [0.15, 0.2) is 0 Å². The van der Waals surface area contributed by atoms with Crippen LogP contribution in [0, 0.1) is 0 Å². The van der Waals surface area contributed by atoms with Crippen LogP contribution in [0.2, 0.25) is 0 Å². The molecule has 0 atom stereocenters. The second kappa shape index (κ2) is 5.90. The fourth-order valence-corrected chi connectivity index (χ4v) is 1.79. The Morgan fingerprint density at radius 2 is 2.09 bits per heavy atom. The molecule has 7 heteroatoms. The van der Waals surface area contributed by atoms with E-state index in [0.29, 0.717) is 5.36 Å². The minimum atomic E-state index is -0.540. The van der Waals surface area contributed by atoms with Crippen molar-refractivity contribution in [2.75, 3.05) is 0 Å². The monoisotopic (exact) mass is 291 g/mol. The Bertz CT molecular complexity index is 928. The molecule has 0 fully saturated rings.